The molecule has 0 aliphatic carbocycles. The number of nitrogens with zero attached hydrogens (tertiary/aromatic N) is 1. The van der Waals surface area contributed by atoms with E-state index in [-0.39, 0.29) is 11.4 Å². The van der Waals surface area contributed by atoms with Crippen molar-refractivity contribution >= 4 is 17.2 Å². The number of hydrogen-bond acceptors (Lipinski definition) is 4. The Morgan fingerprint density at radius 2 is 2.18 bits per heavy atom. The second-order valence-corrected chi connectivity index (χ2v) is 6.00. The Balaban J connectivity index is 2.20. The topological polar surface area (TPSA) is 54.0 Å². The van der Waals surface area contributed by atoms with Gasteiger partial charge < -0.3 is 10.6 Å². The lowest BCUT2D eigenvalue weighted by molar-refractivity contribution is -0.121. The third-order valence-electron chi connectivity index (χ3n) is 2.30. The minimum Gasteiger partial charge on any atom is -0.351 e. The molecule has 1 aromatic rings. The Hall–Kier alpha value is -0.940. The SMILES string of the molecule is Cc1ncsc1CNC(=O)CCNC(C)(C)C. The van der Waals surface area contributed by atoms with Crippen LogP contribution in [0.3, 0.4) is 0 Å². The maximum atomic E-state index is 11.6. The van der Waals surface area contributed by atoms with E-state index in [1.165, 1.54) is 0 Å². The van der Waals surface area contributed by atoms with E-state index in [0.29, 0.717) is 19.5 Å². The third kappa shape index (κ3) is 5.79. The summed E-state index contributed by atoms with van der Waals surface area (Å²) in [6, 6.07) is 0. The minimum absolute atomic E-state index is 0.0640. The Morgan fingerprint density at radius 3 is 2.71 bits per heavy atom. The number of thiazole rings is 1. The van der Waals surface area contributed by atoms with Gasteiger partial charge in [-0.3, -0.25) is 4.79 Å². The fourth-order valence-electron chi connectivity index (χ4n) is 1.31. The van der Waals surface area contributed by atoms with E-state index in [1.54, 1.807) is 16.8 Å². The molecule has 0 atom stereocenters. The van der Waals surface area contributed by atoms with Crippen molar-refractivity contribution < 1.29 is 4.79 Å². The van der Waals surface area contributed by atoms with E-state index in [1.807, 2.05) is 6.92 Å². The third-order valence-corrected chi connectivity index (χ3v) is 3.23. The van der Waals surface area contributed by atoms with E-state index in [4.69, 9.17) is 0 Å². The zero-order valence-corrected chi connectivity index (χ0v) is 11.8. The van der Waals surface area contributed by atoms with Crippen LogP contribution in [0.15, 0.2) is 5.51 Å². The molecule has 96 valence electrons. The first kappa shape index (κ1) is 14.1. The van der Waals surface area contributed by atoms with Crippen LogP contribution in [0.5, 0.6) is 0 Å². The van der Waals surface area contributed by atoms with Crippen LogP contribution in [0.4, 0.5) is 0 Å². The summed E-state index contributed by atoms with van der Waals surface area (Å²) in [5.74, 6) is 0.0783. The number of hydrogen-bond donors (Lipinski definition) is 2. The number of nitrogens with one attached hydrogen (secondary N) is 2. The van der Waals surface area contributed by atoms with Gasteiger partial charge in [-0.2, -0.15) is 0 Å². The zero-order valence-electron chi connectivity index (χ0n) is 11.0. The van der Waals surface area contributed by atoms with Gasteiger partial charge in [0.15, 0.2) is 0 Å². The molecule has 0 saturated heterocycles. The Bertz CT molecular complexity index is 368. The van der Waals surface area contributed by atoms with Crippen molar-refractivity contribution in [2.24, 2.45) is 0 Å². The maximum Gasteiger partial charge on any atom is 0.221 e. The summed E-state index contributed by atoms with van der Waals surface area (Å²) in [7, 11) is 0. The van der Waals surface area contributed by atoms with Crippen LogP contribution >= 0.6 is 11.3 Å². The number of carbonyl (C=O) groups excluding carboxylic acids is 1. The van der Waals surface area contributed by atoms with Gasteiger partial charge in [0.1, 0.15) is 0 Å². The van der Waals surface area contributed by atoms with Crippen molar-refractivity contribution in [3.63, 3.8) is 0 Å². The molecule has 17 heavy (non-hydrogen) atoms. The van der Waals surface area contributed by atoms with Crippen LogP contribution in [0.25, 0.3) is 0 Å². The highest BCUT2D eigenvalue weighted by Crippen LogP contribution is 2.11. The molecule has 0 radical (unpaired) electrons. The second kappa shape index (κ2) is 6.12. The van der Waals surface area contributed by atoms with Gasteiger partial charge in [-0.05, 0) is 27.7 Å². The average Bonchev–Trinajstić information content (AvgIpc) is 2.59. The Labute approximate surface area is 107 Å². The standard InChI is InChI=1S/C12H21N3OS/c1-9-10(17-8-14-9)7-13-11(16)5-6-15-12(2,3)4/h8,15H,5-7H2,1-4H3,(H,13,16). The highest BCUT2D eigenvalue weighted by Gasteiger charge is 2.09. The first-order valence-corrected chi connectivity index (χ1v) is 6.67. The number of aromatic nitrogens is 1. The van der Waals surface area contributed by atoms with Crippen LogP contribution < -0.4 is 10.6 Å². The Kier molecular flexibility index (Phi) is 5.08. The summed E-state index contributed by atoms with van der Waals surface area (Å²) in [6.07, 6.45) is 0.509. The fourth-order valence-corrected chi connectivity index (χ4v) is 2.03. The molecule has 0 saturated carbocycles. The van der Waals surface area contributed by atoms with Gasteiger partial charge in [0.05, 0.1) is 17.7 Å². The first-order valence-electron chi connectivity index (χ1n) is 5.79. The van der Waals surface area contributed by atoms with Crippen molar-refractivity contribution in [2.75, 3.05) is 6.54 Å². The van der Waals surface area contributed by atoms with Gasteiger partial charge in [-0.15, -0.1) is 11.3 Å². The molecule has 0 aliphatic rings. The average molecular weight is 255 g/mol. The summed E-state index contributed by atoms with van der Waals surface area (Å²) in [6.45, 7) is 9.52. The molecule has 5 heteroatoms. The number of carbonyl (C=O) groups is 1. The van der Waals surface area contributed by atoms with Gasteiger partial charge in [-0.1, -0.05) is 0 Å². The Morgan fingerprint density at radius 1 is 1.47 bits per heavy atom. The lowest BCUT2D eigenvalue weighted by Gasteiger charge is -2.20. The van der Waals surface area contributed by atoms with E-state index in [0.717, 1.165) is 10.6 Å². The lowest BCUT2D eigenvalue weighted by atomic mass is 10.1. The molecule has 0 aromatic carbocycles. The summed E-state index contributed by atoms with van der Waals surface area (Å²) in [5.41, 5.74) is 2.87. The minimum atomic E-state index is 0.0640. The molecule has 1 heterocycles. The van der Waals surface area contributed by atoms with Crippen molar-refractivity contribution in [1.82, 2.24) is 15.6 Å². The quantitative estimate of drug-likeness (QED) is 0.844. The summed E-state index contributed by atoms with van der Waals surface area (Å²) < 4.78 is 0. The van der Waals surface area contributed by atoms with E-state index in [2.05, 4.69) is 36.4 Å². The number of aryl methyl sites for hydroxylation is 1. The molecule has 0 unspecified atom stereocenters. The second-order valence-electron chi connectivity index (χ2n) is 5.06. The van der Waals surface area contributed by atoms with Gasteiger partial charge in [0.2, 0.25) is 5.91 Å². The molecule has 0 fully saturated rings. The monoisotopic (exact) mass is 255 g/mol. The molecule has 4 nitrogen and oxygen atoms in total. The number of amides is 1. The smallest absolute Gasteiger partial charge is 0.221 e. The van der Waals surface area contributed by atoms with Crippen LogP contribution in [0.2, 0.25) is 0 Å². The fraction of sp³-hybridized carbons (Fsp3) is 0.667. The largest absolute Gasteiger partial charge is 0.351 e. The van der Waals surface area contributed by atoms with Gasteiger partial charge in [0, 0.05) is 23.4 Å². The molecular formula is C12H21N3OS. The summed E-state index contributed by atoms with van der Waals surface area (Å²) in [4.78, 5) is 16.8. The van der Waals surface area contributed by atoms with Gasteiger partial charge >= 0.3 is 0 Å². The van der Waals surface area contributed by atoms with Crippen molar-refractivity contribution in [2.45, 2.75) is 46.2 Å². The summed E-state index contributed by atoms with van der Waals surface area (Å²) in [5, 5.41) is 6.19. The van der Waals surface area contributed by atoms with Gasteiger partial charge in [0.25, 0.3) is 0 Å². The molecule has 1 rings (SSSR count). The predicted octanol–water partition coefficient (Wildman–Crippen LogP) is 1.85. The highest BCUT2D eigenvalue weighted by molar-refractivity contribution is 7.09. The molecule has 0 spiro atoms. The van der Waals surface area contributed by atoms with Crippen LogP contribution in [-0.2, 0) is 11.3 Å². The van der Waals surface area contributed by atoms with Crippen LogP contribution in [-0.4, -0.2) is 23.0 Å². The molecule has 1 amide bonds. The van der Waals surface area contributed by atoms with E-state index >= 15 is 0 Å². The molecule has 0 aliphatic heterocycles. The van der Waals surface area contributed by atoms with Crippen molar-refractivity contribution in [3.05, 3.63) is 16.1 Å². The lowest BCUT2D eigenvalue weighted by Crippen LogP contribution is -2.38. The summed E-state index contributed by atoms with van der Waals surface area (Å²) >= 11 is 1.58. The van der Waals surface area contributed by atoms with E-state index < -0.39 is 0 Å². The zero-order chi connectivity index (χ0) is 12.9. The first-order chi connectivity index (χ1) is 7.88. The van der Waals surface area contributed by atoms with E-state index in [9.17, 15) is 4.79 Å². The normalized spacial score (nSPS) is 11.5. The van der Waals surface area contributed by atoms with Gasteiger partial charge in [-0.25, -0.2) is 4.98 Å². The van der Waals surface area contributed by atoms with Crippen LogP contribution in [0.1, 0.15) is 37.8 Å². The van der Waals surface area contributed by atoms with Crippen molar-refractivity contribution in [1.29, 1.82) is 0 Å². The molecule has 2 N–H and O–H groups in total. The molecular weight excluding hydrogens is 234 g/mol. The number of rotatable bonds is 5. The molecule has 0 bridgehead atoms. The highest BCUT2D eigenvalue weighted by atomic mass is 32.1. The predicted molar refractivity (Wildman–Crippen MR) is 71.1 cm³/mol. The van der Waals surface area contributed by atoms with Crippen molar-refractivity contribution in [3.8, 4) is 0 Å². The molecule has 1 aromatic heterocycles. The maximum absolute atomic E-state index is 11.6. The van der Waals surface area contributed by atoms with Crippen LogP contribution in [0, 0.1) is 6.92 Å².